The summed E-state index contributed by atoms with van der Waals surface area (Å²) in [5.41, 5.74) is -1.54. The Balaban J connectivity index is 1.64. The molecule has 0 radical (unpaired) electrons. The van der Waals surface area contributed by atoms with Crippen LogP contribution in [0.1, 0.15) is 47.9 Å². The molecule has 0 bridgehead atoms. The van der Waals surface area contributed by atoms with Gasteiger partial charge in [-0.3, -0.25) is 14.6 Å². The molecule has 6 nitrogen and oxygen atoms in total. The number of aromatic carboxylic acids is 1. The van der Waals surface area contributed by atoms with Gasteiger partial charge in [-0.05, 0) is 54.6 Å². The van der Waals surface area contributed by atoms with Crippen molar-refractivity contribution in [2.45, 2.75) is 6.18 Å². The van der Waals surface area contributed by atoms with Crippen molar-refractivity contribution in [3.63, 3.8) is 0 Å². The normalized spacial score (nSPS) is 11.2. The van der Waals surface area contributed by atoms with E-state index in [0.717, 1.165) is 36.0 Å². The largest absolute Gasteiger partial charge is 0.478 e. The maximum atomic E-state index is 13.4. The molecule has 10 heteroatoms. The number of ketones is 2. The van der Waals surface area contributed by atoms with Crippen LogP contribution in [-0.2, 0) is 6.18 Å². The van der Waals surface area contributed by atoms with Crippen LogP contribution in [0.15, 0.2) is 85.1 Å². The molecule has 1 heterocycles. The molecule has 0 atom stereocenters. The smallest absolute Gasteiger partial charge is 0.417 e. The third-order valence-corrected chi connectivity index (χ3v) is 6.07. The Hall–Kier alpha value is -4.50. The zero-order valence-electron chi connectivity index (χ0n) is 19.7. The molecule has 0 spiro atoms. The quantitative estimate of drug-likeness (QED) is 0.264. The van der Waals surface area contributed by atoms with Gasteiger partial charge in [0.1, 0.15) is 5.69 Å². The van der Waals surface area contributed by atoms with Gasteiger partial charge in [0.2, 0.25) is 5.78 Å². The number of carbonyl (C=O) groups is 3. The number of carbonyl (C=O) groups excluding carboxylic acids is 2. The van der Waals surface area contributed by atoms with Crippen LogP contribution in [0.5, 0.6) is 0 Å². The molecular formula is C28H18ClF3N2O4. The lowest BCUT2D eigenvalue weighted by Gasteiger charge is -2.19. The van der Waals surface area contributed by atoms with Crippen LogP contribution >= 0.6 is 11.6 Å². The van der Waals surface area contributed by atoms with Gasteiger partial charge >= 0.3 is 12.1 Å². The van der Waals surface area contributed by atoms with E-state index in [0.29, 0.717) is 10.7 Å². The average Bonchev–Trinajstić information content (AvgIpc) is 2.91. The molecule has 0 saturated carbocycles. The van der Waals surface area contributed by atoms with Gasteiger partial charge in [-0.2, -0.15) is 13.2 Å². The number of rotatable bonds is 7. The molecule has 0 unspecified atom stereocenters. The Morgan fingerprint density at radius 1 is 0.816 bits per heavy atom. The highest BCUT2D eigenvalue weighted by atomic mass is 35.5. The second kappa shape index (κ2) is 10.5. The van der Waals surface area contributed by atoms with Crippen LogP contribution in [0.4, 0.5) is 24.5 Å². The highest BCUT2D eigenvalue weighted by Crippen LogP contribution is 2.33. The molecule has 0 aliphatic heterocycles. The average molecular weight is 539 g/mol. The summed E-state index contributed by atoms with van der Waals surface area (Å²) in [7, 11) is 1.80. The summed E-state index contributed by atoms with van der Waals surface area (Å²) < 4.78 is 40.2. The molecular weight excluding hydrogens is 521 g/mol. The SMILES string of the molecule is CN(c1ccc(Cl)cc1)c1ccc(C(=O)c2ccc(C(=O)c3ccccc3C(F)(F)F)c(C(=O)O)c2)nc1. The number of pyridine rings is 1. The number of hydrogen-bond acceptors (Lipinski definition) is 5. The van der Waals surface area contributed by atoms with Crippen LogP contribution < -0.4 is 4.90 Å². The minimum absolute atomic E-state index is 0.0103. The second-order valence-corrected chi connectivity index (χ2v) is 8.64. The number of benzene rings is 3. The van der Waals surface area contributed by atoms with Gasteiger partial charge in [0.15, 0.2) is 5.78 Å². The number of carboxylic acid groups (broad SMARTS) is 1. The first-order valence-electron chi connectivity index (χ1n) is 11.1. The van der Waals surface area contributed by atoms with Crippen molar-refractivity contribution in [3.05, 3.63) is 124 Å². The number of aromatic nitrogens is 1. The molecule has 3 aromatic carbocycles. The Kier molecular flexibility index (Phi) is 7.32. The van der Waals surface area contributed by atoms with Crippen LogP contribution in [0.3, 0.4) is 0 Å². The minimum Gasteiger partial charge on any atom is -0.478 e. The summed E-state index contributed by atoms with van der Waals surface area (Å²) in [6, 6.07) is 17.5. The summed E-state index contributed by atoms with van der Waals surface area (Å²) in [6.45, 7) is 0. The van der Waals surface area contributed by atoms with Gasteiger partial charge < -0.3 is 10.0 Å². The predicted molar refractivity (Wildman–Crippen MR) is 135 cm³/mol. The summed E-state index contributed by atoms with van der Waals surface area (Å²) in [4.78, 5) is 43.9. The van der Waals surface area contributed by atoms with Crippen LogP contribution in [0, 0.1) is 0 Å². The number of nitrogens with zero attached hydrogens (tertiary/aromatic N) is 2. The zero-order valence-corrected chi connectivity index (χ0v) is 20.4. The molecule has 0 amide bonds. The number of hydrogen-bond donors (Lipinski definition) is 1. The van der Waals surface area contributed by atoms with E-state index < -0.39 is 46.0 Å². The minimum atomic E-state index is -4.81. The molecule has 4 rings (SSSR count). The first-order valence-corrected chi connectivity index (χ1v) is 11.4. The topological polar surface area (TPSA) is 87.6 Å². The summed E-state index contributed by atoms with van der Waals surface area (Å²) in [5, 5.41) is 10.3. The Morgan fingerprint density at radius 3 is 2.08 bits per heavy atom. The maximum Gasteiger partial charge on any atom is 0.417 e. The van der Waals surface area contributed by atoms with E-state index >= 15 is 0 Å². The number of carboxylic acids is 1. The molecule has 0 fully saturated rings. The third-order valence-electron chi connectivity index (χ3n) is 5.82. The zero-order chi connectivity index (χ0) is 27.6. The van der Waals surface area contributed by atoms with Crippen LogP contribution in [0.25, 0.3) is 0 Å². The fourth-order valence-electron chi connectivity index (χ4n) is 3.81. The summed E-state index contributed by atoms with van der Waals surface area (Å²) in [6.07, 6.45) is -3.35. The first-order chi connectivity index (χ1) is 18.0. The molecule has 0 saturated heterocycles. The van der Waals surface area contributed by atoms with E-state index in [1.165, 1.54) is 24.4 Å². The molecule has 0 aliphatic rings. The van der Waals surface area contributed by atoms with Crippen molar-refractivity contribution in [2.75, 3.05) is 11.9 Å². The van der Waals surface area contributed by atoms with E-state index in [1.807, 2.05) is 17.0 Å². The second-order valence-electron chi connectivity index (χ2n) is 8.20. The van der Waals surface area contributed by atoms with E-state index in [-0.39, 0.29) is 11.3 Å². The van der Waals surface area contributed by atoms with Gasteiger partial charge in [0, 0.05) is 34.4 Å². The fraction of sp³-hybridized carbons (Fsp3) is 0.0714. The molecule has 1 N–H and O–H groups in total. The predicted octanol–water partition coefficient (Wildman–Crippen LogP) is 6.68. The van der Waals surface area contributed by atoms with Crippen molar-refractivity contribution in [3.8, 4) is 0 Å². The van der Waals surface area contributed by atoms with Crippen molar-refractivity contribution in [2.24, 2.45) is 0 Å². The monoisotopic (exact) mass is 538 g/mol. The van der Waals surface area contributed by atoms with Crippen LogP contribution in [-0.4, -0.2) is 34.7 Å². The van der Waals surface area contributed by atoms with Crippen molar-refractivity contribution < 1.29 is 32.7 Å². The van der Waals surface area contributed by atoms with E-state index in [9.17, 15) is 32.7 Å². The Labute approximate surface area is 219 Å². The lowest BCUT2D eigenvalue weighted by atomic mass is 9.92. The van der Waals surface area contributed by atoms with Crippen molar-refractivity contribution >= 4 is 40.5 Å². The van der Waals surface area contributed by atoms with Crippen LogP contribution in [0.2, 0.25) is 5.02 Å². The third kappa shape index (κ3) is 5.42. The Morgan fingerprint density at radius 2 is 1.47 bits per heavy atom. The number of halogens is 4. The van der Waals surface area contributed by atoms with E-state index in [1.54, 1.807) is 25.2 Å². The highest BCUT2D eigenvalue weighted by molar-refractivity contribution is 6.30. The lowest BCUT2D eigenvalue weighted by molar-refractivity contribution is -0.137. The van der Waals surface area contributed by atoms with E-state index in [2.05, 4.69) is 4.98 Å². The first kappa shape index (κ1) is 26.6. The number of anilines is 2. The van der Waals surface area contributed by atoms with Gasteiger partial charge in [-0.25, -0.2) is 4.79 Å². The number of alkyl halides is 3. The molecule has 1 aromatic heterocycles. The van der Waals surface area contributed by atoms with Gasteiger partial charge in [-0.15, -0.1) is 0 Å². The maximum absolute atomic E-state index is 13.4. The molecule has 38 heavy (non-hydrogen) atoms. The standard InChI is InChI=1S/C28H18ClF3N2O4/c1-34(18-9-7-17(29)8-10-18)19-11-13-24(33-15-19)25(35)16-6-12-20(22(14-16)27(37)38)26(36)21-4-2-3-5-23(21)28(30,31)32/h2-15H,1H3,(H,37,38). The van der Waals surface area contributed by atoms with Gasteiger partial charge in [0.25, 0.3) is 0 Å². The van der Waals surface area contributed by atoms with Crippen molar-refractivity contribution in [1.29, 1.82) is 0 Å². The molecule has 192 valence electrons. The fourth-order valence-corrected chi connectivity index (χ4v) is 3.94. The van der Waals surface area contributed by atoms with Crippen molar-refractivity contribution in [1.82, 2.24) is 4.98 Å². The molecule has 0 aliphatic carbocycles. The summed E-state index contributed by atoms with van der Waals surface area (Å²) >= 11 is 5.92. The highest BCUT2D eigenvalue weighted by Gasteiger charge is 2.35. The van der Waals surface area contributed by atoms with Gasteiger partial charge in [-0.1, -0.05) is 35.9 Å². The van der Waals surface area contributed by atoms with Gasteiger partial charge in [0.05, 0.1) is 23.0 Å². The van der Waals surface area contributed by atoms with E-state index in [4.69, 9.17) is 11.6 Å². The lowest BCUT2D eigenvalue weighted by Crippen LogP contribution is -2.17. The Bertz CT molecular complexity index is 1540. The molecule has 4 aromatic rings. The summed E-state index contributed by atoms with van der Waals surface area (Å²) in [5.74, 6) is -3.31.